The molecule has 0 unspecified atom stereocenters. The summed E-state index contributed by atoms with van der Waals surface area (Å²) in [6.07, 6.45) is 3.12. The first-order chi connectivity index (χ1) is 10.0. The average molecular weight is 284 g/mol. The van der Waals surface area contributed by atoms with Gasteiger partial charge in [-0.05, 0) is 48.4 Å². The van der Waals surface area contributed by atoms with E-state index in [0.717, 1.165) is 11.1 Å². The highest BCUT2D eigenvalue weighted by molar-refractivity contribution is 5.92. The van der Waals surface area contributed by atoms with E-state index in [1.54, 1.807) is 37.3 Å². The van der Waals surface area contributed by atoms with E-state index in [2.05, 4.69) is 5.32 Å². The summed E-state index contributed by atoms with van der Waals surface area (Å²) < 4.78 is 13.1. The lowest BCUT2D eigenvalue weighted by Crippen LogP contribution is -2.24. The first-order valence-electron chi connectivity index (χ1n) is 6.64. The zero-order valence-corrected chi connectivity index (χ0v) is 11.7. The zero-order valence-electron chi connectivity index (χ0n) is 11.7. The second-order valence-electron chi connectivity index (χ2n) is 4.79. The maximum Gasteiger partial charge on any atom is 0.244 e. The van der Waals surface area contributed by atoms with Crippen molar-refractivity contribution in [1.82, 2.24) is 5.32 Å². The molecule has 4 heteroatoms. The van der Waals surface area contributed by atoms with Gasteiger partial charge >= 0.3 is 0 Å². The predicted octanol–water partition coefficient (Wildman–Crippen LogP) is 3.30. The van der Waals surface area contributed by atoms with Crippen LogP contribution in [0.25, 0.3) is 6.08 Å². The predicted molar refractivity (Wildman–Crippen MR) is 82.8 cm³/mol. The lowest BCUT2D eigenvalue weighted by Gasteiger charge is -2.12. The summed E-state index contributed by atoms with van der Waals surface area (Å²) in [7, 11) is 0. The fraction of sp³-hybridized carbons (Fsp3) is 0.118. The number of hydrogen-bond acceptors (Lipinski definition) is 2. The molecule has 0 bridgehead atoms. The summed E-state index contributed by atoms with van der Waals surface area (Å²) in [6, 6.07) is 13.1. The average Bonchev–Trinajstić information content (AvgIpc) is 2.45. The number of anilines is 1. The van der Waals surface area contributed by atoms with Gasteiger partial charge in [0.15, 0.2) is 0 Å². The second-order valence-corrected chi connectivity index (χ2v) is 4.79. The molecule has 0 spiro atoms. The van der Waals surface area contributed by atoms with Crippen molar-refractivity contribution in [3.63, 3.8) is 0 Å². The molecular weight excluding hydrogens is 267 g/mol. The SMILES string of the molecule is C[C@@H](NC(=O)/C=C/c1cccc(N)c1)c1cccc(F)c1. The van der Waals surface area contributed by atoms with Gasteiger partial charge in [-0.2, -0.15) is 0 Å². The Bertz CT molecular complexity index is 667. The van der Waals surface area contributed by atoms with E-state index in [4.69, 9.17) is 5.73 Å². The monoisotopic (exact) mass is 284 g/mol. The molecule has 3 N–H and O–H groups in total. The van der Waals surface area contributed by atoms with E-state index in [1.165, 1.54) is 18.2 Å². The number of carbonyl (C=O) groups is 1. The van der Waals surface area contributed by atoms with Crippen LogP contribution in [0.1, 0.15) is 24.1 Å². The third-order valence-electron chi connectivity index (χ3n) is 3.05. The highest BCUT2D eigenvalue weighted by atomic mass is 19.1. The van der Waals surface area contributed by atoms with Gasteiger partial charge in [0, 0.05) is 11.8 Å². The Kier molecular flexibility index (Phi) is 4.72. The molecule has 1 atom stereocenters. The van der Waals surface area contributed by atoms with Gasteiger partial charge in [0.05, 0.1) is 6.04 Å². The van der Waals surface area contributed by atoms with E-state index in [1.807, 2.05) is 12.1 Å². The molecule has 2 rings (SSSR count). The number of nitrogens with one attached hydrogen (secondary N) is 1. The molecule has 0 aliphatic heterocycles. The van der Waals surface area contributed by atoms with Crippen molar-refractivity contribution in [2.45, 2.75) is 13.0 Å². The van der Waals surface area contributed by atoms with Crippen molar-refractivity contribution in [1.29, 1.82) is 0 Å². The number of carbonyl (C=O) groups excluding carboxylic acids is 1. The molecule has 0 aliphatic rings. The molecule has 2 aromatic rings. The maximum atomic E-state index is 13.1. The Morgan fingerprint density at radius 3 is 2.71 bits per heavy atom. The summed E-state index contributed by atoms with van der Waals surface area (Å²) in [6.45, 7) is 1.81. The van der Waals surface area contributed by atoms with Crippen LogP contribution in [0.2, 0.25) is 0 Å². The number of halogens is 1. The molecule has 0 saturated carbocycles. The van der Waals surface area contributed by atoms with Crippen molar-refractivity contribution in [3.05, 3.63) is 71.6 Å². The fourth-order valence-corrected chi connectivity index (χ4v) is 1.96. The Morgan fingerprint density at radius 2 is 2.00 bits per heavy atom. The number of nitrogen functional groups attached to an aromatic ring is 1. The van der Waals surface area contributed by atoms with Crippen LogP contribution < -0.4 is 11.1 Å². The smallest absolute Gasteiger partial charge is 0.244 e. The highest BCUT2D eigenvalue weighted by Crippen LogP contribution is 2.13. The molecule has 3 nitrogen and oxygen atoms in total. The summed E-state index contributed by atoms with van der Waals surface area (Å²) in [5.74, 6) is -0.557. The standard InChI is InChI=1S/C17H17FN2O/c1-12(14-5-3-6-15(18)11-14)20-17(21)9-8-13-4-2-7-16(19)10-13/h2-12H,19H2,1H3,(H,20,21)/b9-8+/t12-/m1/s1. The number of hydrogen-bond donors (Lipinski definition) is 2. The van der Waals surface area contributed by atoms with Crippen molar-refractivity contribution < 1.29 is 9.18 Å². The van der Waals surface area contributed by atoms with Gasteiger partial charge in [0.1, 0.15) is 5.82 Å². The van der Waals surface area contributed by atoms with E-state index in [0.29, 0.717) is 5.69 Å². The van der Waals surface area contributed by atoms with Crippen LogP contribution in [-0.2, 0) is 4.79 Å². The van der Waals surface area contributed by atoms with Crippen LogP contribution in [0.4, 0.5) is 10.1 Å². The maximum absolute atomic E-state index is 13.1. The molecule has 0 saturated heterocycles. The minimum atomic E-state index is -0.316. The van der Waals surface area contributed by atoms with Crippen LogP contribution in [0, 0.1) is 5.82 Å². The summed E-state index contributed by atoms with van der Waals surface area (Å²) in [4.78, 5) is 11.8. The molecular formula is C17H17FN2O. The van der Waals surface area contributed by atoms with Gasteiger partial charge in [0.25, 0.3) is 0 Å². The topological polar surface area (TPSA) is 55.1 Å². The van der Waals surface area contributed by atoms with Crippen LogP contribution >= 0.6 is 0 Å². The van der Waals surface area contributed by atoms with Crippen molar-refractivity contribution in [2.75, 3.05) is 5.73 Å². The molecule has 2 aromatic carbocycles. The van der Waals surface area contributed by atoms with Crippen LogP contribution in [0.5, 0.6) is 0 Å². The van der Waals surface area contributed by atoms with E-state index >= 15 is 0 Å². The number of amides is 1. The van der Waals surface area contributed by atoms with Crippen LogP contribution in [0.3, 0.4) is 0 Å². The van der Waals surface area contributed by atoms with Gasteiger partial charge in [-0.25, -0.2) is 4.39 Å². The van der Waals surface area contributed by atoms with Gasteiger partial charge in [-0.1, -0.05) is 24.3 Å². The molecule has 108 valence electrons. The lowest BCUT2D eigenvalue weighted by atomic mass is 10.1. The van der Waals surface area contributed by atoms with Crippen molar-refractivity contribution in [3.8, 4) is 0 Å². The van der Waals surface area contributed by atoms with Gasteiger partial charge < -0.3 is 11.1 Å². The van der Waals surface area contributed by atoms with Crippen LogP contribution in [0.15, 0.2) is 54.6 Å². The molecule has 0 aliphatic carbocycles. The molecule has 21 heavy (non-hydrogen) atoms. The molecule has 0 radical (unpaired) electrons. The minimum absolute atomic E-state index is 0.241. The van der Waals surface area contributed by atoms with Crippen molar-refractivity contribution in [2.24, 2.45) is 0 Å². The van der Waals surface area contributed by atoms with Gasteiger partial charge in [-0.3, -0.25) is 4.79 Å². The fourth-order valence-electron chi connectivity index (χ4n) is 1.96. The minimum Gasteiger partial charge on any atom is -0.399 e. The van der Waals surface area contributed by atoms with Crippen molar-refractivity contribution >= 4 is 17.7 Å². The van der Waals surface area contributed by atoms with Gasteiger partial charge in [-0.15, -0.1) is 0 Å². The Morgan fingerprint density at radius 1 is 1.24 bits per heavy atom. The lowest BCUT2D eigenvalue weighted by molar-refractivity contribution is -0.117. The Hall–Kier alpha value is -2.62. The second kappa shape index (κ2) is 6.70. The van der Waals surface area contributed by atoms with Gasteiger partial charge in [0.2, 0.25) is 5.91 Å². The van der Waals surface area contributed by atoms with E-state index < -0.39 is 0 Å². The first kappa shape index (κ1) is 14.8. The quantitative estimate of drug-likeness (QED) is 0.668. The largest absolute Gasteiger partial charge is 0.399 e. The number of nitrogens with two attached hydrogens (primary N) is 1. The summed E-state index contributed by atoms with van der Waals surface area (Å²) in [5, 5.41) is 2.78. The normalized spacial score (nSPS) is 12.3. The number of benzene rings is 2. The van der Waals surface area contributed by atoms with E-state index in [-0.39, 0.29) is 17.8 Å². The third kappa shape index (κ3) is 4.45. The third-order valence-corrected chi connectivity index (χ3v) is 3.05. The highest BCUT2D eigenvalue weighted by Gasteiger charge is 2.07. The molecule has 1 amide bonds. The van der Waals surface area contributed by atoms with E-state index in [9.17, 15) is 9.18 Å². The Balaban J connectivity index is 1.98. The Labute approximate surface area is 123 Å². The summed E-state index contributed by atoms with van der Waals surface area (Å²) in [5.41, 5.74) is 7.88. The number of rotatable bonds is 4. The molecule has 0 heterocycles. The molecule has 0 fully saturated rings. The van der Waals surface area contributed by atoms with Crippen LogP contribution in [-0.4, -0.2) is 5.91 Å². The zero-order chi connectivity index (χ0) is 15.2. The summed E-state index contributed by atoms with van der Waals surface area (Å²) >= 11 is 0. The first-order valence-corrected chi connectivity index (χ1v) is 6.64. The molecule has 0 aromatic heterocycles.